The van der Waals surface area contributed by atoms with Crippen molar-refractivity contribution in [3.63, 3.8) is 0 Å². The number of tetrazole rings is 1. The third-order valence-electron chi connectivity index (χ3n) is 10.3. The van der Waals surface area contributed by atoms with Crippen molar-refractivity contribution < 1.29 is 19.8 Å². The van der Waals surface area contributed by atoms with E-state index in [1.54, 1.807) is 4.68 Å². The van der Waals surface area contributed by atoms with Gasteiger partial charge in [0.25, 0.3) is 0 Å². The van der Waals surface area contributed by atoms with Gasteiger partial charge in [-0.3, -0.25) is 9.59 Å². The Labute approximate surface area is 220 Å². The third-order valence-corrected chi connectivity index (χ3v) is 11.2. The smallest absolute Gasteiger partial charge is 0.214 e. The van der Waals surface area contributed by atoms with Gasteiger partial charge in [0.1, 0.15) is 5.60 Å². The van der Waals surface area contributed by atoms with Crippen LogP contribution in [0.15, 0.2) is 47.1 Å². The highest BCUT2D eigenvalue weighted by Crippen LogP contribution is 2.67. The maximum Gasteiger partial charge on any atom is 0.214 e. The lowest BCUT2D eigenvalue weighted by Gasteiger charge is -2.60. The van der Waals surface area contributed by atoms with Crippen LogP contribution in [0.3, 0.4) is 0 Å². The summed E-state index contributed by atoms with van der Waals surface area (Å²) in [6, 6.07) is 9.50. The van der Waals surface area contributed by atoms with E-state index in [1.165, 1.54) is 17.3 Å². The fourth-order valence-corrected chi connectivity index (χ4v) is 9.26. The highest BCUT2D eigenvalue weighted by Gasteiger charge is 2.68. The number of aliphatic hydroxyl groups excluding tert-OH is 1. The Morgan fingerprint density at radius 3 is 2.73 bits per heavy atom. The Bertz CT molecular complexity index is 1260. The zero-order valence-electron chi connectivity index (χ0n) is 21.3. The van der Waals surface area contributed by atoms with Crippen LogP contribution in [0, 0.1) is 28.6 Å². The maximum absolute atomic E-state index is 13.7. The standard InChI is InChI=1S/C28H34N4O4S/c1-26-12-10-19(33)14-17(26)8-9-20-21-11-13-28(36,27(21,2)15-22(34)24(20)26)23(35)16-37-25-29-30-31-32(25)18-6-4-3-5-7-18/h3-7,14,20-22,24,34,36H,8-13,15-16H2,1-2H3/t20?,21?,22-,24?,26?,27?,28-/m0/s1. The average Bonchev–Trinajstić information content (AvgIpc) is 3.46. The number of carbonyl (C=O) groups excluding carboxylic acids is 2. The Kier molecular flexibility index (Phi) is 5.97. The number of aromatic nitrogens is 4. The van der Waals surface area contributed by atoms with Crippen molar-refractivity contribution >= 4 is 23.3 Å². The minimum atomic E-state index is -1.50. The second kappa shape index (κ2) is 8.85. The van der Waals surface area contributed by atoms with E-state index in [0.717, 1.165) is 31.4 Å². The molecule has 8 nitrogen and oxygen atoms in total. The van der Waals surface area contributed by atoms with Gasteiger partial charge in [0, 0.05) is 11.8 Å². The minimum absolute atomic E-state index is 0.0565. The van der Waals surface area contributed by atoms with Crippen LogP contribution < -0.4 is 0 Å². The lowest BCUT2D eigenvalue weighted by molar-refractivity contribution is -0.178. The van der Waals surface area contributed by atoms with Gasteiger partial charge in [-0.1, -0.05) is 49.4 Å². The number of rotatable bonds is 5. The zero-order valence-corrected chi connectivity index (χ0v) is 22.2. The molecule has 4 aliphatic rings. The molecular weight excluding hydrogens is 488 g/mol. The lowest BCUT2D eigenvalue weighted by Crippen LogP contribution is -2.61. The number of thioether (sulfide) groups is 1. The Morgan fingerprint density at radius 2 is 1.95 bits per heavy atom. The van der Waals surface area contributed by atoms with Crippen molar-refractivity contribution in [2.24, 2.45) is 28.6 Å². The molecule has 3 saturated carbocycles. The fraction of sp³-hybridized carbons (Fsp3) is 0.607. The first-order chi connectivity index (χ1) is 17.7. The number of nitrogens with zero attached hydrogens (tertiary/aromatic N) is 4. The molecule has 3 fully saturated rings. The normalized spacial score (nSPS) is 38.9. The van der Waals surface area contributed by atoms with E-state index in [9.17, 15) is 19.8 Å². The molecule has 9 heteroatoms. The number of hydrogen-bond donors (Lipinski definition) is 2. The van der Waals surface area contributed by atoms with Crippen molar-refractivity contribution in [2.75, 3.05) is 5.75 Å². The van der Waals surface area contributed by atoms with E-state index in [2.05, 4.69) is 22.4 Å². The largest absolute Gasteiger partial charge is 0.393 e. The Morgan fingerprint density at radius 1 is 1.16 bits per heavy atom. The number of hydrogen-bond acceptors (Lipinski definition) is 8. The molecule has 0 bridgehead atoms. The number of benzene rings is 1. The summed E-state index contributed by atoms with van der Waals surface area (Å²) in [5, 5.41) is 36.0. The van der Waals surface area contributed by atoms with Crippen LogP contribution in [0.25, 0.3) is 5.69 Å². The highest BCUT2D eigenvalue weighted by atomic mass is 32.2. The van der Waals surface area contributed by atoms with Crippen molar-refractivity contribution in [3.8, 4) is 5.69 Å². The van der Waals surface area contributed by atoms with Crippen molar-refractivity contribution in [1.29, 1.82) is 0 Å². The molecule has 1 heterocycles. The van der Waals surface area contributed by atoms with Crippen molar-refractivity contribution in [2.45, 2.75) is 75.7 Å². The number of ketones is 2. The van der Waals surface area contributed by atoms with Gasteiger partial charge >= 0.3 is 0 Å². The SMILES string of the molecule is CC12CCC(=O)C=C1CCC1C2[C@@H](O)CC2(C)C1CC[C@]2(O)C(=O)CSc1nnnn1-c1ccccc1. The Hall–Kier alpha value is -2.36. The summed E-state index contributed by atoms with van der Waals surface area (Å²) in [5.74, 6) is 0.470. The van der Waals surface area contributed by atoms with Crippen LogP contribution in [0.1, 0.15) is 58.8 Å². The molecule has 37 heavy (non-hydrogen) atoms. The van der Waals surface area contributed by atoms with Gasteiger partial charge in [-0.15, -0.1) is 5.10 Å². The van der Waals surface area contributed by atoms with Gasteiger partial charge in [-0.05, 0) is 90.3 Å². The summed E-state index contributed by atoms with van der Waals surface area (Å²) in [5.41, 5.74) is -0.393. The predicted molar refractivity (Wildman–Crippen MR) is 138 cm³/mol. The van der Waals surface area contributed by atoms with Crippen LogP contribution in [0.5, 0.6) is 0 Å². The first-order valence-corrected chi connectivity index (χ1v) is 14.3. The quantitative estimate of drug-likeness (QED) is 0.573. The molecule has 0 radical (unpaired) electrons. The highest BCUT2D eigenvalue weighted by molar-refractivity contribution is 7.99. The molecule has 196 valence electrons. The molecular formula is C28H34N4O4S. The third kappa shape index (κ3) is 3.68. The summed E-state index contributed by atoms with van der Waals surface area (Å²) in [6.07, 6.45) is 5.82. The molecule has 7 atom stereocenters. The monoisotopic (exact) mass is 522 g/mol. The van der Waals surface area contributed by atoms with E-state index < -0.39 is 17.1 Å². The van der Waals surface area contributed by atoms with E-state index >= 15 is 0 Å². The second-order valence-electron chi connectivity index (χ2n) is 11.9. The van der Waals surface area contributed by atoms with Crippen LogP contribution in [-0.2, 0) is 9.59 Å². The fourth-order valence-electron chi connectivity index (χ4n) is 8.40. The predicted octanol–water partition coefficient (Wildman–Crippen LogP) is 3.56. The molecule has 0 spiro atoms. The first-order valence-electron chi connectivity index (χ1n) is 13.3. The molecule has 0 amide bonds. The summed E-state index contributed by atoms with van der Waals surface area (Å²) in [6.45, 7) is 4.23. The molecule has 5 unspecified atom stereocenters. The van der Waals surface area contributed by atoms with Crippen LogP contribution >= 0.6 is 11.8 Å². The lowest BCUT2D eigenvalue weighted by atomic mass is 9.45. The Balaban J connectivity index is 1.23. The summed E-state index contributed by atoms with van der Waals surface area (Å²) in [4.78, 5) is 25.8. The summed E-state index contributed by atoms with van der Waals surface area (Å²) >= 11 is 1.23. The number of aliphatic hydroxyl groups is 2. The molecule has 6 rings (SSSR count). The maximum atomic E-state index is 13.7. The number of fused-ring (bicyclic) bond motifs is 5. The van der Waals surface area contributed by atoms with E-state index in [4.69, 9.17) is 0 Å². The molecule has 0 aliphatic heterocycles. The number of carbonyl (C=O) groups is 2. The molecule has 1 aromatic heterocycles. The average molecular weight is 523 g/mol. The molecule has 1 aromatic carbocycles. The van der Waals surface area contributed by atoms with Gasteiger partial charge in [0.2, 0.25) is 5.16 Å². The van der Waals surface area contributed by atoms with Gasteiger partial charge in [-0.2, -0.15) is 4.68 Å². The molecule has 4 aliphatic carbocycles. The zero-order chi connectivity index (χ0) is 26.0. The van der Waals surface area contributed by atoms with E-state index in [1.807, 2.05) is 43.3 Å². The number of Topliss-reactive ketones (excluding diaryl/α,β-unsaturated/α-hetero) is 1. The summed E-state index contributed by atoms with van der Waals surface area (Å²) < 4.78 is 1.60. The van der Waals surface area contributed by atoms with Gasteiger partial charge in [0.05, 0.1) is 17.5 Å². The molecule has 0 saturated heterocycles. The second-order valence-corrected chi connectivity index (χ2v) is 12.8. The summed E-state index contributed by atoms with van der Waals surface area (Å²) in [7, 11) is 0. The van der Waals surface area contributed by atoms with Crippen LogP contribution in [0.4, 0.5) is 0 Å². The van der Waals surface area contributed by atoms with Crippen molar-refractivity contribution in [3.05, 3.63) is 42.0 Å². The number of allylic oxidation sites excluding steroid dienone is 1. The van der Waals surface area contributed by atoms with Gasteiger partial charge in [-0.25, -0.2) is 0 Å². The van der Waals surface area contributed by atoms with Gasteiger partial charge < -0.3 is 10.2 Å². The van der Waals surface area contributed by atoms with Crippen LogP contribution in [-0.4, -0.2) is 59.4 Å². The first kappa shape index (κ1) is 24.9. The molecule has 2 aromatic rings. The van der Waals surface area contributed by atoms with E-state index in [-0.39, 0.29) is 40.5 Å². The van der Waals surface area contributed by atoms with Crippen molar-refractivity contribution in [1.82, 2.24) is 20.2 Å². The molecule has 2 N–H and O–H groups in total. The van der Waals surface area contributed by atoms with Gasteiger partial charge in [0.15, 0.2) is 11.6 Å². The minimum Gasteiger partial charge on any atom is -0.393 e. The van der Waals surface area contributed by atoms with Crippen LogP contribution in [0.2, 0.25) is 0 Å². The number of para-hydroxylation sites is 1. The van der Waals surface area contributed by atoms with E-state index in [0.29, 0.717) is 24.4 Å². The topological polar surface area (TPSA) is 118 Å².